The van der Waals surface area contributed by atoms with Gasteiger partial charge in [-0.1, -0.05) is 44.2 Å². The zero-order valence-electron chi connectivity index (χ0n) is 10.7. The molecule has 1 aromatic heterocycles. The molecule has 0 amide bonds. The van der Waals surface area contributed by atoms with Gasteiger partial charge in [0, 0.05) is 18.4 Å². The molecule has 0 unspecified atom stereocenters. The smallest absolute Gasteiger partial charge is 0.309 e. The highest BCUT2D eigenvalue weighted by Crippen LogP contribution is 2.06. The van der Waals surface area contributed by atoms with Gasteiger partial charge in [0.25, 0.3) is 0 Å². The summed E-state index contributed by atoms with van der Waals surface area (Å²) >= 11 is 0. The highest BCUT2D eigenvalue weighted by molar-refractivity contribution is 5.69. The van der Waals surface area contributed by atoms with Gasteiger partial charge in [-0.3, -0.25) is 4.79 Å². The third-order valence-corrected chi connectivity index (χ3v) is 2.33. The number of nitrogens with zero attached hydrogens (tertiary/aromatic N) is 2. The summed E-state index contributed by atoms with van der Waals surface area (Å²) in [5.41, 5.74) is 1.85. The number of carbonyl (C=O) groups is 1. The Balaban J connectivity index is 0.000000771. The first-order chi connectivity index (χ1) is 8.75. The summed E-state index contributed by atoms with van der Waals surface area (Å²) in [7, 11) is 0. The highest BCUT2D eigenvalue weighted by atomic mass is 16.4. The van der Waals surface area contributed by atoms with Gasteiger partial charge in [-0.05, 0) is 5.56 Å². The SMILES string of the molecule is CC.O=C(O)Cc1cncn1Cc1ccccc1. The molecule has 2 rings (SSSR count). The highest BCUT2D eigenvalue weighted by Gasteiger charge is 2.06. The van der Waals surface area contributed by atoms with E-state index in [4.69, 9.17) is 5.11 Å². The summed E-state index contributed by atoms with van der Waals surface area (Å²) in [5.74, 6) is -0.838. The Morgan fingerprint density at radius 2 is 1.94 bits per heavy atom. The molecule has 0 saturated carbocycles. The second-order valence-corrected chi connectivity index (χ2v) is 3.57. The summed E-state index contributed by atoms with van der Waals surface area (Å²) in [6.45, 7) is 4.66. The standard InChI is InChI=1S/C12H12N2O2.C2H6/c15-12(16)6-11-7-13-9-14(11)8-10-4-2-1-3-5-10;1-2/h1-5,7,9H,6,8H2,(H,15,16);1-2H3. The van der Waals surface area contributed by atoms with Crippen LogP contribution >= 0.6 is 0 Å². The Morgan fingerprint density at radius 3 is 2.56 bits per heavy atom. The fourth-order valence-electron chi connectivity index (χ4n) is 1.57. The third-order valence-electron chi connectivity index (χ3n) is 2.33. The van der Waals surface area contributed by atoms with Crippen molar-refractivity contribution in [3.05, 3.63) is 54.1 Å². The van der Waals surface area contributed by atoms with Crippen molar-refractivity contribution in [1.29, 1.82) is 0 Å². The van der Waals surface area contributed by atoms with Crippen LogP contribution in [0, 0.1) is 0 Å². The van der Waals surface area contributed by atoms with Crippen molar-refractivity contribution in [3.63, 3.8) is 0 Å². The number of aromatic nitrogens is 2. The average Bonchev–Trinajstić information content (AvgIpc) is 2.80. The summed E-state index contributed by atoms with van der Waals surface area (Å²) in [4.78, 5) is 14.6. The quantitative estimate of drug-likeness (QED) is 0.902. The summed E-state index contributed by atoms with van der Waals surface area (Å²) in [6, 6.07) is 9.89. The first-order valence-electron chi connectivity index (χ1n) is 6.00. The number of imidazole rings is 1. The van der Waals surface area contributed by atoms with E-state index in [9.17, 15) is 4.79 Å². The van der Waals surface area contributed by atoms with Crippen molar-refractivity contribution in [2.24, 2.45) is 0 Å². The molecule has 0 bridgehead atoms. The van der Waals surface area contributed by atoms with Crippen molar-refractivity contribution in [1.82, 2.24) is 9.55 Å². The van der Waals surface area contributed by atoms with Crippen molar-refractivity contribution in [2.45, 2.75) is 26.8 Å². The largest absolute Gasteiger partial charge is 0.481 e. The zero-order valence-corrected chi connectivity index (χ0v) is 10.7. The van der Waals surface area contributed by atoms with E-state index in [2.05, 4.69) is 4.98 Å². The van der Waals surface area contributed by atoms with E-state index < -0.39 is 5.97 Å². The van der Waals surface area contributed by atoms with Gasteiger partial charge in [-0.15, -0.1) is 0 Å². The van der Waals surface area contributed by atoms with E-state index in [1.807, 2.05) is 48.7 Å². The van der Waals surface area contributed by atoms with E-state index in [1.54, 1.807) is 12.5 Å². The maximum Gasteiger partial charge on any atom is 0.309 e. The second kappa shape index (κ2) is 7.27. The molecule has 4 heteroatoms. The summed E-state index contributed by atoms with van der Waals surface area (Å²) in [5, 5.41) is 8.73. The van der Waals surface area contributed by atoms with Crippen molar-refractivity contribution in [2.75, 3.05) is 0 Å². The monoisotopic (exact) mass is 246 g/mol. The van der Waals surface area contributed by atoms with E-state index in [0.29, 0.717) is 6.54 Å². The molecule has 0 aliphatic heterocycles. The fourth-order valence-corrected chi connectivity index (χ4v) is 1.57. The molecule has 1 aromatic carbocycles. The molecule has 4 nitrogen and oxygen atoms in total. The topological polar surface area (TPSA) is 55.1 Å². The Bertz CT molecular complexity index is 478. The normalized spacial score (nSPS) is 9.44. The maximum absolute atomic E-state index is 10.6. The van der Waals surface area contributed by atoms with Gasteiger partial charge in [-0.2, -0.15) is 0 Å². The van der Waals surface area contributed by atoms with E-state index in [-0.39, 0.29) is 6.42 Å². The minimum absolute atomic E-state index is 0.00678. The maximum atomic E-state index is 10.6. The molecule has 1 heterocycles. The Labute approximate surface area is 107 Å². The molecule has 18 heavy (non-hydrogen) atoms. The van der Waals surface area contributed by atoms with Gasteiger partial charge in [0.2, 0.25) is 0 Å². The Morgan fingerprint density at radius 1 is 1.28 bits per heavy atom. The van der Waals surface area contributed by atoms with Gasteiger partial charge in [0.1, 0.15) is 0 Å². The Kier molecular flexibility index (Phi) is 5.64. The van der Waals surface area contributed by atoms with E-state index in [0.717, 1.165) is 11.3 Å². The number of hydrogen-bond acceptors (Lipinski definition) is 2. The number of carboxylic acids is 1. The Hall–Kier alpha value is -2.10. The van der Waals surface area contributed by atoms with Crippen molar-refractivity contribution < 1.29 is 9.90 Å². The lowest BCUT2D eigenvalue weighted by Crippen LogP contribution is -2.08. The molecule has 0 aliphatic rings. The van der Waals surface area contributed by atoms with Crippen LogP contribution in [0.5, 0.6) is 0 Å². The van der Waals surface area contributed by atoms with Gasteiger partial charge in [0.15, 0.2) is 0 Å². The predicted molar refractivity (Wildman–Crippen MR) is 70.5 cm³/mol. The van der Waals surface area contributed by atoms with Crippen molar-refractivity contribution >= 4 is 5.97 Å². The first-order valence-corrected chi connectivity index (χ1v) is 6.00. The summed E-state index contributed by atoms with van der Waals surface area (Å²) in [6.07, 6.45) is 3.26. The minimum Gasteiger partial charge on any atom is -0.481 e. The van der Waals surface area contributed by atoms with Crippen LogP contribution in [0.4, 0.5) is 0 Å². The molecule has 0 spiro atoms. The minimum atomic E-state index is -0.838. The molecule has 0 aliphatic carbocycles. The lowest BCUT2D eigenvalue weighted by molar-refractivity contribution is -0.136. The molecule has 0 saturated heterocycles. The van der Waals surface area contributed by atoms with Crippen LogP contribution in [0.25, 0.3) is 0 Å². The fraction of sp³-hybridized carbons (Fsp3) is 0.286. The van der Waals surface area contributed by atoms with E-state index >= 15 is 0 Å². The van der Waals surface area contributed by atoms with Crippen LogP contribution in [0.2, 0.25) is 0 Å². The number of hydrogen-bond donors (Lipinski definition) is 1. The van der Waals surface area contributed by atoms with Crippen LogP contribution in [-0.4, -0.2) is 20.6 Å². The molecule has 96 valence electrons. The third kappa shape index (κ3) is 4.05. The number of benzene rings is 1. The van der Waals surface area contributed by atoms with Gasteiger partial charge in [-0.25, -0.2) is 4.98 Å². The second-order valence-electron chi connectivity index (χ2n) is 3.57. The first kappa shape index (κ1) is 14.0. The zero-order chi connectivity index (χ0) is 13.4. The molecular weight excluding hydrogens is 228 g/mol. The van der Waals surface area contributed by atoms with Gasteiger partial charge in [0.05, 0.1) is 12.7 Å². The molecule has 2 aromatic rings. The lowest BCUT2D eigenvalue weighted by Gasteiger charge is -2.06. The molecule has 1 N–H and O–H groups in total. The molecule has 0 radical (unpaired) electrons. The van der Waals surface area contributed by atoms with Crippen LogP contribution < -0.4 is 0 Å². The number of aliphatic carboxylic acids is 1. The number of carboxylic acid groups (broad SMARTS) is 1. The van der Waals surface area contributed by atoms with Gasteiger partial charge < -0.3 is 9.67 Å². The predicted octanol–water partition coefficient (Wildman–Crippen LogP) is 2.58. The average molecular weight is 246 g/mol. The molecular formula is C14H18N2O2. The van der Waals surface area contributed by atoms with Crippen molar-refractivity contribution in [3.8, 4) is 0 Å². The molecule has 0 fully saturated rings. The van der Waals surface area contributed by atoms with Crippen LogP contribution in [-0.2, 0) is 17.8 Å². The molecule has 0 atom stereocenters. The van der Waals surface area contributed by atoms with Crippen LogP contribution in [0.3, 0.4) is 0 Å². The van der Waals surface area contributed by atoms with E-state index in [1.165, 1.54) is 0 Å². The number of rotatable bonds is 4. The lowest BCUT2D eigenvalue weighted by atomic mass is 10.2. The van der Waals surface area contributed by atoms with Gasteiger partial charge >= 0.3 is 5.97 Å². The van der Waals surface area contributed by atoms with Crippen LogP contribution in [0.1, 0.15) is 25.1 Å². The van der Waals surface area contributed by atoms with Crippen LogP contribution in [0.15, 0.2) is 42.9 Å². The summed E-state index contributed by atoms with van der Waals surface area (Å²) < 4.78 is 1.85.